The van der Waals surface area contributed by atoms with Gasteiger partial charge in [-0.2, -0.15) is 0 Å². The predicted octanol–water partition coefficient (Wildman–Crippen LogP) is 0.627. The lowest BCUT2D eigenvalue weighted by molar-refractivity contribution is -0.00475. The number of halogens is 2. The number of nitrogens with one attached hydrogen (secondary N) is 1. The molecular formula is C8H17F2NO2. The summed E-state index contributed by atoms with van der Waals surface area (Å²) in [7, 11) is 1.58. The van der Waals surface area contributed by atoms with Crippen molar-refractivity contribution in [2.45, 2.75) is 31.9 Å². The fourth-order valence-electron chi connectivity index (χ4n) is 0.808. The smallest absolute Gasteiger partial charge is 0.265 e. The Morgan fingerprint density at radius 1 is 1.46 bits per heavy atom. The summed E-state index contributed by atoms with van der Waals surface area (Å²) in [5.74, 6) is 0. The Hall–Kier alpha value is -0.260. The van der Waals surface area contributed by atoms with Gasteiger partial charge in [0.2, 0.25) is 0 Å². The molecule has 13 heavy (non-hydrogen) atoms. The van der Waals surface area contributed by atoms with Crippen LogP contribution in [0, 0.1) is 0 Å². The average Bonchev–Trinajstić information content (AvgIpc) is 2.10. The normalized spacial score (nSPS) is 16.2. The summed E-state index contributed by atoms with van der Waals surface area (Å²) in [5.41, 5.74) is 0. The van der Waals surface area contributed by atoms with E-state index in [1.54, 1.807) is 7.11 Å². The molecule has 0 aliphatic rings. The van der Waals surface area contributed by atoms with Gasteiger partial charge in [0, 0.05) is 26.3 Å². The maximum Gasteiger partial charge on any atom is 0.265 e. The van der Waals surface area contributed by atoms with Crippen LogP contribution >= 0.6 is 0 Å². The Bertz CT molecular complexity index is 125. The first-order valence-corrected chi connectivity index (χ1v) is 4.26. The highest BCUT2D eigenvalue weighted by molar-refractivity contribution is 4.66. The first-order valence-electron chi connectivity index (χ1n) is 4.26. The van der Waals surface area contributed by atoms with E-state index in [1.165, 1.54) is 0 Å². The number of rotatable bonds is 7. The van der Waals surface area contributed by atoms with Crippen LogP contribution in [0.5, 0.6) is 0 Å². The maximum atomic E-state index is 11.8. The van der Waals surface area contributed by atoms with Gasteiger partial charge in [-0.15, -0.1) is 0 Å². The van der Waals surface area contributed by atoms with Gasteiger partial charge in [0.25, 0.3) is 6.43 Å². The molecule has 0 aliphatic carbocycles. The highest BCUT2D eigenvalue weighted by Crippen LogP contribution is 1.99. The minimum absolute atomic E-state index is 0.0772. The second-order valence-corrected chi connectivity index (χ2v) is 2.99. The minimum atomic E-state index is -2.68. The van der Waals surface area contributed by atoms with Gasteiger partial charge in [-0.25, -0.2) is 8.78 Å². The van der Waals surface area contributed by atoms with E-state index in [2.05, 4.69) is 5.32 Å². The molecule has 0 aromatic heterocycles. The van der Waals surface area contributed by atoms with E-state index in [-0.39, 0.29) is 12.6 Å². The lowest BCUT2D eigenvalue weighted by Crippen LogP contribution is -2.37. The molecule has 2 atom stereocenters. The number of hydrogen-bond donors (Lipinski definition) is 2. The standard InChI is InChI=1S/C8H17F2NO2/c1-6(3-4-13-2)11-5-7(12)8(9)10/h6-8,11-12H,3-5H2,1-2H3. The zero-order chi connectivity index (χ0) is 10.3. The van der Waals surface area contributed by atoms with E-state index in [0.717, 1.165) is 6.42 Å². The van der Waals surface area contributed by atoms with Crippen molar-refractivity contribution in [2.75, 3.05) is 20.3 Å². The van der Waals surface area contributed by atoms with E-state index in [1.807, 2.05) is 6.92 Å². The largest absolute Gasteiger partial charge is 0.386 e. The van der Waals surface area contributed by atoms with Crippen molar-refractivity contribution >= 4 is 0 Å². The van der Waals surface area contributed by atoms with Crippen LogP contribution in [0.4, 0.5) is 8.78 Å². The van der Waals surface area contributed by atoms with Crippen molar-refractivity contribution < 1.29 is 18.6 Å². The van der Waals surface area contributed by atoms with E-state index < -0.39 is 12.5 Å². The molecule has 0 radical (unpaired) electrons. The van der Waals surface area contributed by atoms with Crippen LogP contribution in [0.3, 0.4) is 0 Å². The van der Waals surface area contributed by atoms with Gasteiger partial charge in [-0.1, -0.05) is 0 Å². The number of alkyl halides is 2. The zero-order valence-corrected chi connectivity index (χ0v) is 7.96. The highest BCUT2D eigenvalue weighted by Gasteiger charge is 2.16. The van der Waals surface area contributed by atoms with Gasteiger partial charge in [-0.3, -0.25) is 0 Å². The molecule has 0 saturated carbocycles. The first kappa shape index (κ1) is 12.7. The number of methoxy groups -OCH3 is 1. The Morgan fingerprint density at radius 2 is 2.08 bits per heavy atom. The number of aliphatic hydroxyl groups is 1. The van der Waals surface area contributed by atoms with Gasteiger partial charge >= 0.3 is 0 Å². The molecule has 0 bridgehead atoms. The predicted molar refractivity (Wildman–Crippen MR) is 46.0 cm³/mol. The van der Waals surface area contributed by atoms with Gasteiger partial charge < -0.3 is 15.2 Å². The topological polar surface area (TPSA) is 41.5 Å². The molecule has 0 fully saturated rings. The molecule has 5 heteroatoms. The van der Waals surface area contributed by atoms with Crippen LogP contribution in [0.2, 0.25) is 0 Å². The van der Waals surface area contributed by atoms with E-state index in [9.17, 15) is 8.78 Å². The lowest BCUT2D eigenvalue weighted by Gasteiger charge is -2.16. The van der Waals surface area contributed by atoms with Gasteiger partial charge in [0.1, 0.15) is 6.10 Å². The van der Waals surface area contributed by atoms with Crippen molar-refractivity contribution in [2.24, 2.45) is 0 Å². The molecule has 0 rings (SSSR count). The molecule has 0 amide bonds. The van der Waals surface area contributed by atoms with Crippen molar-refractivity contribution in [1.82, 2.24) is 5.32 Å². The third-order valence-corrected chi connectivity index (χ3v) is 1.72. The second kappa shape index (κ2) is 7.17. The molecule has 0 aromatic carbocycles. The molecule has 0 aliphatic heterocycles. The average molecular weight is 197 g/mol. The third-order valence-electron chi connectivity index (χ3n) is 1.72. The van der Waals surface area contributed by atoms with E-state index in [4.69, 9.17) is 9.84 Å². The van der Waals surface area contributed by atoms with Crippen molar-refractivity contribution in [1.29, 1.82) is 0 Å². The summed E-state index contributed by atoms with van der Waals surface area (Å²) >= 11 is 0. The molecule has 2 unspecified atom stereocenters. The number of hydrogen-bond acceptors (Lipinski definition) is 3. The summed E-state index contributed by atoms with van der Waals surface area (Å²) in [5, 5.41) is 11.5. The van der Waals surface area contributed by atoms with E-state index in [0.29, 0.717) is 6.61 Å². The Labute approximate surface area is 77.1 Å². The SMILES string of the molecule is COCCC(C)NCC(O)C(F)F. The highest BCUT2D eigenvalue weighted by atomic mass is 19.3. The number of aliphatic hydroxyl groups excluding tert-OH is 1. The van der Waals surface area contributed by atoms with Gasteiger partial charge in [-0.05, 0) is 13.3 Å². The van der Waals surface area contributed by atoms with Crippen LogP contribution in [-0.2, 0) is 4.74 Å². The summed E-state index contributed by atoms with van der Waals surface area (Å²) in [6.07, 6.45) is -3.51. The summed E-state index contributed by atoms with van der Waals surface area (Å²) in [6.45, 7) is 2.36. The van der Waals surface area contributed by atoms with Gasteiger partial charge in [0.05, 0.1) is 0 Å². The molecule has 80 valence electrons. The maximum absolute atomic E-state index is 11.8. The number of ether oxygens (including phenoxy) is 1. The summed E-state index contributed by atoms with van der Waals surface area (Å²) in [6, 6.07) is 0.0772. The second-order valence-electron chi connectivity index (χ2n) is 2.99. The van der Waals surface area contributed by atoms with Crippen molar-refractivity contribution in [3.05, 3.63) is 0 Å². The fraction of sp³-hybridized carbons (Fsp3) is 1.00. The molecule has 0 heterocycles. The Balaban J connectivity index is 3.40. The summed E-state index contributed by atoms with van der Waals surface area (Å²) in [4.78, 5) is 0. The molecular weight excluding hydrogens is 180 g/mol. The van der Waals surface area contributed by atoms with Crippen molar-refractivity contribution in [3.8, 4) is 0 Å². The van der Waals surface area contributed by atoms with Crippen LogP contribution in [-0.4, -0.2) is 43.9 Å². The first-order chi connectivity index (χ1) is 6.07. The quantitative estimate of drug-likeness (QED) is 0.629. The molecule has 3 nitrogen and oxygen atoms in total. The molecule has 2 N–H and O–H groups in total. The molecule has 0 spiro atoms. The monoisotopic (exact) mass is 197 g/mol. The fourth-order valence-corrected chi connectivity index (χ4v) is 0.808. The Kier molecular flexibility index (Phi) is 7.03. The lowest BCUT2D eigenvalue weighted by atomic mass is 10.2. The minimum Gasteiger partial charge on any atom is -0.386 e. The van der Waals surface area contributed by atoms with Crippen molar-refractivity contribution in [3.63, 3.8) is 0 Å². The molecule has 0 saturated heterocycles. The van der Waals surface area contributed by atoms with Gasteiger partial charge in [0.15, 0.2) is 0 Å². The molecule has 0 aromatic rings. The third kappa shape index (κ3) is 6.86. The van der Waals surface area contributed by atoms with Crippen LogP contribution < -0.4 is 5.32 Å². The van der Waals surface area contributed by atoms with Crippen LogP contribution in [0.25, 0.3) is 0 Å². The zero-order valence-electron chi connectivity index (χ0n) is 7.96. The summed E-state index contributed by atoms with van der Waals surface area (Å²) < 4.78 is 28.4. The van der Waals surface area contributed by atoms with Crippen LogP contribution in [0.15, 0.2) is 0 Å². The van der Waals surface area contributed by atoms with E-state index >= 15 is 0 Å². The Morgan fingerprint density at radius 3 is 2.54 bits per heavy atom. The van der Waals surface area contributed by atoms with Crippen LogP contribution in [0.1, 0.15) is 13.3 Å².